The quantitative estimate of drug-likeness (QED) is 0.448. The molecule has 21 heavy (non-hydrogen) atoms. The van der Waals surface area contributed by atoms with E-state index in [2.05, 4.69) is 6.92 Å². The molecule has 0 aromatic carbocycles. The Kier molecular flexibility index (Phi) is 16.8. The molecule has 130 valence electrons. The molecule has 0 radical (unpaired) electrons. The van der Waals surface area contributed by atoms with Crippen molar-refractivity contribution in [2.45, 2.75) is 103 Å². The molecular formula is C17H38ClNO2. The van der Waals surface area contributed by atoms with Crippen molar-refractivity contribution in [2.24, 2.45) is 11.7 Å². The smallest absolute Gasteiger partial charge is 0.0579 e. The minimum absolute atomic E-state index is 0. The van der Waals surface area contributed by atoms with E-state index in [1.54, 1.807) is 13.8 Å². The third-order valence-electron chi connectivity index (χ3n) is 4.25. The number of aliphatic hydroxyl groups excluding tert-OH is 2. The summed E-state index contributed by atoms with van der Waals surface area (Å²) in [6.45, 7) is 5.68. The molecule has 0 rings (SSSR count). The fraction of sp³-hybridized carbons (Fsp3) is 1.00. The van der Waals surface area contributed by atoms with E-state index in [0.29, 0.717) is 0 Å². The van der Waals surface area contributed by atoms with Crippen LogP contribution in [0.1, 0.15) is 85.0 Å². The van der Waals surface area contributed by atoms with Gasteiger partial charge in [0.15, 0.2) is 0 Å². The summed E-state index contributed by atoms with van der Waals surface area (Å²) in [6, 6.07) is -0.0976. The lowest BCUT2D eigenvalue weighted by molar-refractivity contribution is 0.0159. The molecular weight excluding hydrogens is 286 g/mol. The fourth-order valence-electron chi connectivity index (χ4n) is 3.00. The lowest BCUT2D eigenvalue weighted by Crippen LogP contribution is -2.43. The zero-order chi connectivity index (χ0) is 15.4. The largest absolute Gasteiger partial charge is 0.393 e. The highest BCUT2D eigenvalue weighted by molar-refractivity contribution is 5.85. The van der Waals surface area contributed by atoms with Crippen molar-refractivity contribution < 1.29 is 10.2 Å². The SMILES string of the molecule is CCCCCCCCCCCC(N)C(C(C)O)C(C)O.Cl. The summed E-state index contributed by atoms with van der Waals surface area (Å²) in [4.78, 5) is 0. The molecule has 0 aliphatic heterocycles. The fourth-order valence-corrected chi connectivity index (χ4v) is 3.00. The zero-order valence-corrected chi connectivity index (χ0v) is 15.1. The van der Waals surface area contributed by atoms with Crippen LogP contribution >= 0.6 is 12.4 Å². The van der Waals surface area contributed by atoms with Crippen LogP contribution in [-0.2, 0) is 0 Å². The van der Waals surface area contributed by atoms with Crippen molar-refractivity contribution in [3.8, 4) is 0 Å². The van der Waals surface area contributed by atoms with Crippen LogP contribution in [0.2, 0.25) is 0 Å². The number of unbranched alkanes of at least 4 members (excludes halogenated alkanes) is 8. The first-order valence-electron chi connectivity index (χ1n) is 8.62. The van der Waals surface area contributed by atoms with E-state index in [4.69, 9.17) is 5.73 Å². The van der Waals surface area contributed by atoms with E-state index in [9.17, 15) is 10.2 Å². The molecule has 0 aromatic heterocycles. The normalized spacial score (nSPS) is 16.9. The van der Waals surface area contributed by atoms with E-state index in [0.717, 1.165) is 12.8 Å². The molecule has 0 saturated carbocycles. The Labute approximate surface area is 138 Å². The first-order valence-corrected chi connectivity index (χ1v) is 8.62. The molecule has 3 unspecified atom stereocenters. The van der Waals surface area contributed by atoms with Gasteiger partial charge in [0, 0.05) is 12.0 Å². The van der Waals surface area contributed by atoms with Crippen LogP contribution in [0.15, 0.2) is 0 Å². The molecule has 0 fully saturated rings. The summed E-state index contributed by atoms with van der Waals surface area (Å²) in [7, 11) is 0. The van der Waals surface area contributed by atoms with Crippen molar-refractivity contribution in [3.05, 3.63) is 0 Å². The second-order valence-electron chi connectivity index (χ2n) is 6.34. The molecule has 3 atom stereocenters. The first kappa shape index (κ1) is 23.4. The Morgan fingerprint density at radius 2 is 1.14 bits per heavy atom. The predicted octanol–water partition coefficient (Wildman–Crippen LogP) is 4.03. The Balaban J connectivity index is 0. The molecule has 0 aromatic rings. The molecule has 0 saturated heterocycles. The third kappa shape index (κ3) is 12.4. The highest BCUT2D eigenvalue weighted by Gasteiger charge is 2.26. The Hall–Kier alpha value is 0.170. The van der Waals surface area contributed by atoms with Crippen LogP contribution in [0.3, 0.4) is 0 Å². The van der Waals surface area contributed by atoms with Crippen LogP contribution in [0, 0.1) is 5.92 Å². The predicted molar refractivity (Wildman–Crippen MR) is 93.9 cm³/mol. The maximum absolute atomic E-state index is 9.66. The standard InChI is InChI=1S/C17H37NO2.ClH/c1-4-5-6-7-8-9-10-11-12-13-16(18)17(14(2)19)15(3)20;/h14-17,19-20H,4-13,18H2,1-3H3;1H. The minimum Gasteiger partial charge on any atom is -0.393 e. The average molecular weight is 324 g/mol. The van der Waals surface area contributed by atoms with E-state index < -0.39 is 12.2 Å². The van der Waals surface area contributed by atoms with Gasteiger partial charge in [-0.2, -0.15) is 0 Å². The monoisotopic (exact) mass is 323 g/mol. The zero-order valence-electron chi connectivity index (χ0n) is 14.3. The number of hydrogen-bond donors (Lipinski definition) is 3. The van der Waals surface area contributed by atoms with Crippen molar-refractivity contribution in [2.75, 3.05) is 0 Å². The second-order valence-corrected chi connectivity index (χ2v) is 6.34. The van der Waals surface area contributed by atoms with Gasteiger partial charge in [-0.3, -0.25) is 0 Å². The highest BCUT2D eigenvalue weighted by Crippen LogP contribution is 2.18. The maximum atomic E-state index is 9.66. The van der Waals surface area contributed by atoms with Gasteiger partial charge in [0.25, 0.3) is 0 Å². The van der Waals surface area contributed by atoms with Gasteiger partial charge >= 0.3 is 0 Å². The second kappa shape index (κ2) is 15.1. The number of nitrogens with two attached hydrogens (primary N) is 1. The van der Waals surface area contributed by atoms with Crippen molar-refractivity contribution >= 4 is 12.4 Å². The Bertz CT molecular complexity index is 205. The molecule has 0 bridgehead atoms. The van der Waals surface area contributed by atoms with Gasteiger partial charge in [0.1, 0.15) is 0 Å². The molecule has 0 amide bonds. The number of halogens is 1. The van der Waals surface area contributed by atoms with Crippen LogP contribution < -0.4 is 5.73 Å². The molecule has 4 N–H and O–H groups in total. The molecule has 3 nitrogen and oxygen atoms in total. The van der Waals surface area contributed by atoms with Gasteiger partial charge in [-0.15, -0.1) is 12.4 Å². The third-order valence-corrected chi connectivity index (χ3v) is 4.25. The number of aliphatic hydroxyl groups is 2. The van der Waals surface area contributed by atoms with Crippen LogP contribution in [0.25, 0.3) is 0 Å². The summed E-state index contributed by atoms with van der Waals surface area (Å²) < 4.78 is 0. The lowest BCUT2D eigenvalue weighted by Gasteiger charge is -2.28. The van der Waals surface area contributed by atoms with E-state index in [1.165, 1.54) is 51.4 Å². The lowest BCUT2D eigenvalue weighted by atomic mass is 9.87. The summed E-state index contributed by atoms with van der Waals surface area (Å²) in [5.74, 6) is -0.205. The van der Waals surface area contributed by atoms with Crippen molar-refractivity contribution in [1.29, 1.82) is 0 Å². The van der Waals surface area contributed by atoms with Gasteiger partial charge in [0.2, 0.25) is 0 Å². The van der Waals surface area contributed by atoms with Crippen molar-refractivity contribution in [3.63, 3.8) is 0 Å². The van der Waals surface area contributed by atoms with Gasteiger partial charge in [-0.25, -0.2) is 0 Å². The van der Waals surface area contributed by atoms with Crippen LogP contribution in [0.4, 0.5) is 0 Å². The topological polar surface area (TPSA) is 66.5 Å². The Morgan fingerprint density at radius 1 is 0.762 bits per heavy atom. The average Bonchev–Trinajstić information content (AvgIpc) is 2.36. The molecule has 0 heterocycles. The summed E-state index contributed by atoms with van der Waals surface area (Å²) >= 11 is 0. The van der Waals surface area contributed by atoms with Crippen LogP contribution in [-0.4, -0.2) is 28.5 Å². The van der Waals surface area contributed by atoms with Gasteiger partial charge < -0.3 is 15.9 Å². The molecule has 0 aliphatic rings. The number of hydrogen-bond acceptors (Lipinski definition) is 3. The molecule has 4 heteroatoms. The van der Waals surface area contributed by atoms with E-state index >= 15 is 0 Å². The molecule has 0 aliphatic carbocycles. The van der Waals surface area contributed by atoms with Gasteiger partial charge in [-0.05, 0) is 20.3 Å². The summed E-state index contributed by atoms with van der Waals surface area (Å²) in [6.07, 6.45) is 11.5. The summed E-state index contributed by atoms with van der Waals surface area (Å²) in [5, 5.41) is 19.3. The first-order chi connectivity index (χ1) is 9.50. The van der Waals surface area contributed by atoms with E-state index in [-0.39, 0.29) is 24.4 Å². The van der Waals surface area contributed by atoms with Gasteiger partial charge in [-0.1, -0.05) is 64.7 Å². The van der Waals surface area contributed by atoms with Gasteiger partial charge in [0.05, 0.1) is 12.2 Å². The summed E-state index contributed by atoms with van der Waals surface area (Å²) in [5.41, 5.74) is 6.10. The van der Waals surface area contributed by atoms with Crippen molar-refractivity contribution in [1.82, 2.24) is 0 Å². The maximum Gasteiger partial charge on any atom is 0.0579 e. The molecule has 0 spiro atoms. The van der Waals surface area contributed by atoms with E-state index in [1.807, 2.05) is 0 Å². The highest BCUT2D eigenvalue weighted by atomic mass is 35.5. The van der Waals surface area contributed by atoms with Crippen LogP contribution in [0.5, 0.6) is 0 Å². The minimum atomic E-state index is -0.538. The Morgan fingerprint density at radius 3 is 1.52 bits per heavy atom. The number of rotatable bonds is 13.